The van der Waals surface area contributed by atoms with Crippen molar-refractivity contribution in [2.75, 3.05) is 10.6 Å². The van der Waals surface area contributed by atoms with E-state index in [0.29, 0.717) is 39.3 Å². The van der Waals surface area contributed by atoms with Gasteiger partial charge in [0.2, 0.25) is 5.95 Å². The van der Waals surface area contributed by atoms with Crippen molar-refractivity contribution in [3.05, 3.63) is 94.9 Å². The molecule has 1 aliphatic rings. The van der Waals surface area contributed by atoms with E-state index in [0.717, 1.165) is 5.56 Å². The van der Waals surface area contributed by atoms with Gasteiger partial charge in [-0.3, -0.25) is 9.78 Å². The van der Waals surface area contributed by atoms with Crippen LogP contribution in [0, 0.1) is 0 Å². The molecule has 4 aromatic rings. The minimum atomic E-state index is -0.620. The van der Waals surface area contributed by atoms with Crippen LogP contribution >= 0.6 is 11.6 Å². The van der Waals surface area contributed by atoms with Gasteiger partial charge in [-0.25, -0.2) is 4.68 Å². The fourth-order valence-electron chi connectivity index (χ4n) is 3.83. The van der Waals surface area contributed by atoms with Crippen LogP contribution < -0.4 is 10.6 Å². The predicted octanol–water partition coefficient (Wildman–Crippen LogP) is 4.63. The summed E-state index contributed by atoms with van der Waals surface area (Å²) in [5, 5.41) is 21.5. The first-order valence-corrected chi connectivity index (χ1v) is 10.6. The van der Waals surface area contributed by atoms with Crippen molar-refractivity contribution in [1.29, 1.82) is 0 Å². The second-order valence-electron chi connectivity index (χ2n) is 7.57. The maximum atomic E-state index is 13.4. The van der Waals surface area contributed by atoms with Gasteiger partial charge in [0.1, 0.15) is 11.8 Å². The molecule has 0 saturated carbocycles. The Morgan fingerprint density at radius 1 is 1.15 bits per heavy atom. The van der Waals surface area contributed by atoms with Crippen LogP contribution in [0.25, 0.3) is 11.4 Å². The lowest BCUT2D eigenvalue weighted by molar-refractivity contribution is -0.113. The van der Waals surface area contributed by atoms with E-state index < -0.39 is 6.04 Å². The van der Waals surface area contributed by atoms with E-state index in [1.54, 1.807) is 59.5 Å². The number of fused-ring (bicyclic) bond motifs is 1. The zero-order valence-electron chi connectivity index (χ0n) is 17.5. The third-order valence-corrected chi connectivity index (χ3v) is 5.52. The van der Waals surface area contributed by atoms with Crippen molar-refractivity contribution in [3.8, 4) is 17.1 Å². The summed E-state index contributed by atoms with van der Waals surface area (Å²) in [6.45, 7) is 1.81. The summed E-state index contributed by atoms with van der Waals surface area (Å²) in [5.41, 5.74) is 3.08. The minimum absolute atomic E-state index is 0.0902. The largest absolute Gasteiger partial charge is 0.508 e. The van der Waals surface area contributed by atoms with Crippen LogP contribution in [0.3, 0.4) is 0 Å². The summed E-state index contributed by atoms with van der Waals surface area (Å²) >= 11 is 6.16. The molecule has 0 radical (unpaired) electrons. The molecule has 2 aromatic heterocycles. The molecule has 1 atom stereocenters. The molecular weight excluding hydrogens is 440 g/mol. The van der Waals surface area contributed by atoms with Crippen LogP contribution in [0.5, 0.6) is 5.75 Å². The van der Waals surface area contributed by atoms with E-state index in [1.807, 2.05) is 25.1 Å². The van der Waals surface area contributed by atoms with Gasteiger partial charge < -0.3 is 15.7 Å². The van der Waals surface area contributed by atoms with Crippen molar-refractivity contribution in [2.24, 2.45) is 0 Å². The van der Waals surface area contributed by atoms with Crippen LogP contribution in [0.2, 0.25) is 5.02 Å². The number of aromatic nitrogens is 4. The van der Waals surface area contributed by atoms with Gasteiger partial charge in [0.05, 0.1) is 17.5 Å². The maximum Gasteiger partial charge on any atom is 0.255 e. The number of hydrogen-bond acceptors (Lipinski definition) is 6. The van der Waals surface area contributed by atoms with Gasteiger partial charge in [0.25, 0.3) is 5.91 Å². The fourth-order valence-corrected chi connectivity index (χ4v) is 4.02. The van der Waals surface area contributed by atoms with E-state index in [1.165, 1.54) is 0 Å². The van der Waals surface area contributed by atoms with Crippen molar-refractivity contribution >= 4 is 29.1 Å². The van der Waals surface area contributed by atoms with Crippen LogP contribution in [-0.2, 0) is 4.79 Å². The first-order chi connectivity index (χ1) is 16.0. The van der Waals surface area contributed by atoms with Crippen molar-refractivity contribution in [3.63, 3.8) is 0 Å². The highest BCUT2D eigenvalue weighted by Gasteiger charge is 2.34. The van der Waals surface area contributed by atoms with E-state index in [-0.39, 0.29) is 11.7 Å². The second kappa shape index (κ2) is 8.40. The molecule has 0 fully saturated rings. The van der Waals surface area contributed by atoms with Crippen LogP contribution in [-0.4, -0.2) is 30.8 Å². The average molecular weight is 459 g/mol. The summed E-state index contributed by atoms with van der Waals surface area (Å²) in [6.07, 6.45) is 3.21. The molecule has 0 aliphatic carbocycles. The van der Waals surface area contributed by atoms with Gasteiger partial charge in [-0.05, 0) is 48.9 Å². The lowest BCUT2D eigenvalue weighted by Gasteiger charge is -2.28. The molecule has 3 heterocycles. The summed E-state index contributed by atoms with van der Waals surface area (Å²) < 4.78 is 1.65. The number of phenols is 1. The van der Waals surface area contributed by atoms with E-state index in [2.05, 4.69) is 20.6 Å². The monoisotopic (exact) mass is 458 g/mol. The molecular formula is C24H19ClN6O2. The van der Waals surface area contributed by atoms with E-state index in [4.69, 9.17) is 16.7 Å². The molecule has 9 heteroatoms. The number of nitrogens with zero attached hydrogens (tertiary/aromatic N) is 4. The summed E-state index contributed by atoms with van der Waals surface area (Å²) in [5.74, 6) is 0.722. The number of amides is 1. The molecule has 0 bridgehead atoms. The van der Waals surface area contributed by atoms with Gasteiger partial charge in [-0.15, -0.1) is 5.10 Å². The number of phenolic OH excluding ortho intramolecular Hbond substituents is 1. The van der Waals surface area contributed by atoms with E-state index >= 15 is 0 Å². The Kier molecular flexibility index (Phi) is 5.27. The lowest BCUT2D eigenvalue weighted by atomic mass is 9.95. The maximum absolute atomic E-state index is 13.4. The number of anilines is 2. The van der Waals surface area contributed by atoms with Crippen LogP contribution in [0.15, 0.2) is 84.3 Å². The first-order valence-electron chi connectivity index (χ1n) is 10.2. The molecule has 33 heavy (non-hydrogen) atoms. The Labute approximate surface area is 194 Å². The van der Waals surface area contributed by atoms with Gasteiger partial charge in [-0.2, -0.15) is 4.98 Å². The third-order valence-electron chi connectivity index (χ3n) is 5.29. The Morgan fingerprint density at radius 2 is 2.00 bits per heavy atom. The van der Waals surface area contributed by atoms with Gasteiger partial charge >= 0.3 is 0 Å². The van der Waals surface area contributed by atoms with Gasteiger partial charge in [-0.1, -0.05) is 35.9 Å². The highest BCUT2D eigenvalue weighted by Crippen LogP contribution is 2.37. The highest BCUT2D eigenvalue weighted by molar-refractivity contribution is 6.30. The number of halogens is 1. The Hall–Kier alpha value is -4.17. The number of rotatable bonds is 4. The predicted molar refractivity (Wildman–Crippen MR) is 126 cm³/mol. The van der Waals surface area contributed by atoms with Crippen LogP contribution in [0.1, 0.15) is 18.5 Å². The molecule has 5 rings (SSSR count). The quantitative estimate of drug-likeness (QED) is 0.412. The smallest absolute Gasteiger partial charge is 0.255 e. The second-order valence-corrected chi connectivity index (χ2v) is 8.01. The Balaban J connectivity index is 1.62. The number of aromatic hydroxyl groups is 1. The van der Waals surface area contributed by atoms with Crippen molar-refractivity contribution in [2.45, 2.75) is 13.0 Å². The van der Waals surface area contributed by atoms with E-state index in [9.17, 15) is 9.90 Å². The zero-order chi connectivity index (χ0) is 22.9. The average Bonchev–Trinajstić information content (AvgIpc) is 3.22. The van der Waals surface area contributed by atoms with Gasteiger partial charge in [0, 0.05) is 22.5 Å². The zero-order valence-corrected chi connectivity index (χ0v) is 18.3. The lowest BCUT2D eigenvalue weighted by Crippen LogP contribution is -2.31. The van der Waals surface area contributed by atoms with Gasteiger partial charge in [0.15, 0.2) is 5.82 Å². The molecule has 1 aliphatic heterocycles. The topological polar surface area (TPSA) is 105 Å². The molecule has 1 unspecified atom stereocenters. The standard InChI is InChI=1S/C24H19ClN6O2/c1-14-20(23(33)28-18-8-4-10-26-13-18)21(15-5-3-9-19(32)12-15)31-24(27-14)29-22(30-31)16-6-2-7-17(25)11-16/h2-13,21,32H,1H3,(H,28,33)(H,27,29,30). The molecule has 0 saturated heterocycles. The summed E-state index contributed by atoms with van der Waals surface area (Å²) in [7, 11) is 0. The minimum Gasteiger partial charge on any atom is -0.508 e. The normalized spacial score (nSPS) is 15.0. The summed E-state index contributed by atoms with van der Waals surface area (Å²) in [4.78, 5) is 22.1. The summed E-state index contributed by atoms with van der Waals surface area (Å²) in [6, 6.07) is 16.9. The number of allylic oxidation sites excluding steroid dienone is 1. The first kappa shape index (κ1) is 20.7. The third kappa shape index (κ3) is 4.04. The molecule has 0 spiro atoms. The SMILES string of the molecule is CC1=C(C(=O)Nc2cccnc2)C(c2cccc(O)c2)n2nc(-c3cccc(Cl)c3)nc2N1. The number of carbonyl (C=O) groups is 1. The molecule has 3 N–H and O–H groups in total. The Morgan fingerprint density at radius 3 is 2.76 bits per heavy atom. The number of carbonyl (C=O) groups excluding carboxylic acids is 1. The van der Waals surface area contributed by atoms with Crippen molar-refractivity contribution < 1.29 is 9.90 Å². The number of nitrogens with one attached hydrogen (secondary N) is 2. The fraction of sp³-hybridized carbons (Fsp3) is 0.0833. The van der Waals surface area contributed by atoms with Crippen LogP contribution in [0.4, 0.5) is 11.6 Å². The number of pyridine rings is 1. The number of benzene rings is 2. The molecule has 8 nitrogen and oxygen atoms in total. The molecule has 164 valence electrons. The Bertz CT molecular complexity index is 1380. The van der Waals surface area contributed by atoms with Crippen molar-refractivity contribution in [1.82, 2.24) is 19.7 Å². The highest BCUT2D eigenvalue weighted by atomic mass is 35.5. The number of hydrogen-bond donors (Lipinski definition) is 3. The molecule has 2 aromatic carbocycles. The molecule has 1 amide bonds.